The van der Waals surface area contributed by atoms with Gasteiger partial charge in [-0.25, -0.2) is 0 Å². The number of ether oxygens (including phenoxy) is 2. The summed E-state index contributed by atoms with van der Waals surface area (Å²) in [6, 6.07) is 11.1. The van der Waals surface area contributed by atoms with E-state index in [2.05, 4.69) is 0 Å². The molecule has 1 aliphatic heterocycles. The van der Waals surface area contributed by atoms with Gasteiger partial charge in [-0.15, -0.1) is 0 Å². The predicted octanol–water partition coefficient (Wildman–Crippen LogP) is 4.31. The molecule has 4 heteroatoms. The molecule has 3 rings (SSSR count). The lowest BCUT2D eigenvalue weighted by Gasteiger charge is -2.19. The Labute approximate surface area is 115 Å². The molecule has 2 aromatic rings. The van der Waals surface area contributed by atoms with Gasteiger partial charge in [0.05, 0.1) is 0 Å². The summed E-state index contributed by atoms with van der Waals surface area (Å²) < 4.78 is 11.1. The van der Waals surface area contributed by atoms with Gasteiger partial charge < -0.3 is 9.47 Å². The maximum absolute atomic E-state index is 6.02. The van der Waals surface area contributed by atoms with Gasteiger partial charge in [0, 0.05) is 27.6 Å². The molecule has 0 radical (unpaired) electrons. The van der Waals surface area contributed by atoms with Crippen LogP contribution in [0.2, 0.25) is 10.0 Å². The first-order valence-electron chi connectivity index (χ1n) is 5.55. The van der Waals surface area contributed by atoms with E-state index < -0.39 is 0 Å². The second kappa shape index (κ2) is 4.71. The van der Waals surface area contributed by atoms with Crippen molar-refractivity contribution < 1.29 is 9.47 Å². The molecule has 0 N–H and O–H groups in total. The number of hydrogen-bond acceptors (Lipinski definition) is 2. The van der Waals surface area contributed by atoms with Crippen LogP contribution in [0.1, 0.15) is 11.1 Å². The van der Waals surface area contributed by atoms with Gasteiger partial charge in [0.15, 0.2) is 0 Å². The van der Waals surface area contributed by atoms with E-state index in [0.29, 0.717) is 16.5 Å². The lowest BCUT2D eigenvalue weighted by Crippen LogP contribution is -2.11. The number of halogens is 2. The molecule has 92 valence electrons. The Kier molecular flexibility index (Phi) is 3.06. The van der Waals surface area contributed by atoms with Crippen LogP contribution in [-0.4, -0.2) is 6.79 Å². The topological polar surface area (TPSA) is 18.5 Å². The van der Waals surface area contributed by atoms with E-state index in [4.69, 9.17) is 32.7 Å². The van der Waals surface area contributed by atoms with Crippen molar-refractivity contribution in [1.29, 1.82) is 0 Å². The van der Waals surface area contributed by atoms with Gasteiger partial charge in [-0.2, -0.15) is 0 Å². The van der Waals surface area contributed by atoms with Gasteiger partial charge >= 0.3 is 0 Å². The molecular weight excluding hydrogens is 271 g/mol. The maximum Gasteiger partial charge on any atom is 0.230 e. The number of benzene rings is 2. The molecule has 0 aliphatic carbocycles. The SMILES string of the molecule is Clc1ccc2c(c1)Cc1cc(Cl)ccc1OCO2. The van der Waals surface area contributed by atoms with E-state index >= 15 is 0 Å². The van der Waals surface area contributed by atoms with Gasteiger partial charge in [-0.1, -0.05) is 23.2 Å². The Hall–Kier alpha value is -1.38. The highest BCUT2D eigenvalue weighted by Gasteiger charge is 2.14. The highest BCUT2D eigenvalue weighted by molar-refractivity contribution is 6.31. The van der Waals surface area contributed by atoms with Crippen LogP contribution in [0.15, 0.2) is 36.4 Å². The Morgan fingerprint density at radius 1 is 0.778 bits per heavy atom. The third-order valence-corrected chi connectivity index (χ3v) is 3.33. The zero-order chi connectivity index (χ0) is 12.5. The Bertz CT molecular complexity index is 545. The van der Waals surface area contributed by atoms with E-state index in [1.807, 2.05) is 24.3 Å². The van der Waals surface area contributed by atoms with E-state index in [0.717, 1.165) is 22.6 Å². The lowest BCUT2D eigenvalue weighted by atomic mass is 10.0. The second-order valence-corrected chi connectivity index (χ2v) is 4.96. The van der Waals surface area contributed by atoms with Crippen molar-refractivity contribution in [2.75, 3.05) is 6.79 Å². The Morgan fingerprint density at radius 2 is 1.28 bits per heavy atom. The third-order valence-electron chi connectivity index (χ3n) is 2.85. The molecule has 0 atom stereocenters. The summed E-state index contributed by atoms with van der Waals surface area (Å²) in [4.78, 5) is 0. The summed E-state index contributed by atoms with van der Waals surface area (Å²) in [5.74, 6) is 1.59. The smallest absolute Gasteiger partial charge is 0.230 e. The van der Waals surface area contributed by atoms with Gasteiger partial charge in [-0.3, -0.25) is 0 Å². The minimum absolute atomic E-state index is 0.184. The second-order valence-electron chi connectivity index (χ2n) is 4.09. The van der Waals surface area contributed by atoms with Crippen molar-refractivity contribution in [1.82, 2.24) is 0 Å². The molecule has 2 aromatic carbocycles. The van der Waals surface area contributed by atoms with Crippen molar-refractivity contribution in [2.24, 2.45) is 0 Å². The van der Waals surface area contributed by atoms with Crippen molar-refractivity contribution in [2.45, 2.75) is 6.42 Å². The Balaban J connectivity index is 2.08. The summed E-state index contributed by atoms with van der Waals surface area (Å²) in [7, 11) is 0. The van der Waals surface area contributed by atoms with E-state index in [9.17, 15) is 0 Å². The maximum atomic E-state index is 6.02. The predicted molar refractivity (Wildman–Crippen MR) is 71.8 cm³/mol. The minimum atomic E-state index is 0.184. The normalized spacial score (nSPS) is 13.4. The molecule has 2 nitrogen and oxygen atoms in total. The van der Waals surface area contributed by atoms with Crippen LogP contribution in [0.3, 0.4) is 0 Å². The van der Waals surface area contributed by atoms with Crippen LogP contribution in [-0.2, 0) is 6.42 Å². The average Bonchev–Trinajstić information content (AvgIpc) is 2.32. The molecule has 1 aliphatic rings. The molecule has 1 heterocycles. The minimum Gasteiger partial charge on any atom is -0.457 e. The molecule has 0 bridgehead atoms. The first kappa shape index (κ1) is 11.7. The largest absolute Gasteiger partial charge is 0.457 e. The first-order valence-corrected chi connectivity index (χ1v) is 6.30. The quantitative estimate of drug-likeness (QED) is 0.716. The highest BCUT2D eigenvalue weighted by atomic mass is 35.5. The van der Waals surface area contributed by atoms with Crippen molar-refractivity contribution in [3.8, 4) is 11.5 Å². The summed E-state index contributed by atoms with van der Waals surface area (Å²) >= 11 is 12.0. The fourth-order valence-electron chi connectivity index (χ4n) is 2.02. The summed E-state index contributed by atoms with van der Waals surface area (Å²) in [6.45, 7) is 0.184. The number of fused-ring (bicyclic) bond motifs is 2. The standard InChI is InChI=1S/C14H10Cl2O2/c15-11-1-3-13-9(6-11)5-10-7-12(16)2-4-14(10)18-8-17-13/h1-4,6-7H,5,8H2. The lowest BCUT2D eigenvalue weighted by molar-refractivity contribution is 0.115. The van der Waals surface area contributed by atoms with Crippen molar-refractivity contribution in [3.63, 3.8) is 0 Å². The van der Waals surface area contributed by atoms with E-state index in [1.165, 1.54) is 0 Å². The molecule has 0 saturated carbocycles. The van der Waals surface area contributed by atoms with E-state index in [1.54, 1.807) is 12.1 Å². The fraction of sp³-hybridized carbons (Fsp3) is 0.143. The zero-order valence-corrected chi connectivity index (χ0v) is 11.0. The highest BCUT2D eigenvalue weighted by Crippen LogP contribution is 2.32. The van der Waals surface area contributed by atoms with Crippen LogP contribution in [0, 0.1) is 0 Å². The fourth-order valence-corrected chi connectivity index (χ4v) is 2.40. The van der Waals surface area contributed by atoms with Gasteiger partial charge in [0.25, 0.3) is 0 Å². The first-order chi connectivity index (χ1) is 8.72. The van der Waals surface area contributed by atoms with Gasteiger partial charge in [0.2, 0.25) is 6.79 Å². The number of hydrogen-bond donors (Lipinski definition) is 0. The van der Waals surface area contributed by atoms with Crippen molar-refractivity contribution >= 4 is 23.2 Å². The molecular formula is C14H10Cl2O2. The molecule has 0 amide bonds. The number of rotatable bonds is 0. The average molecular weight is 281 g/mol. The summed E-state index contributed by atoms with van der Waals surface area (Å²) in [5, 5.41) is 1.39. The monoisotopic (exact) mass is 280 g/mol. The van der Waals surface area contributed by atoms with Crippen LogP contribution in [0.4, 0.5) is 0 Å². The van der Waals surface area contributed by atoms with Crippen LogP contribution >= 0.6 is 23.2 Å². The molecule has 18 heavy (non-hydrogen) atoms. The summed E-state index contributed by atoms with van der Waals surface area (Å²) in [5.41, 5.74) is 2.07. The zero-order valence-electron chi connectivity index (χ0n) is 9.45. The van der Waals surface area contributed by atoms with Gasteiger partial charge in [0.1, 0.15) is 11.5 Å². The van der Waals surface area contributed by atoms with Gasteiger partial charge in [-0.05, 0) is 36.4 Å². The molecule has 0 fully saturated rings. The third kappa shape index (κ3) is 2.26. The van der Waals surface area contributed by atoms with Crippen LogP contribution in [0.5, 0.6) is 11.5 Å². The molecule has 0 aromatic heterocycles. The van der Waals surface area contributed by atoms with E-state index in [-0.39, 0.29) is 6.79 Å². The van der Waals surface area contributed by atoms with Crippen molar-refractivity contribution in [3.05, 3.63) is 57.6 Å². The Morgan fingerprint density at radius 3 is 1.78 bits per heavy atom. The molecule has 0 spiro atoms. The molecule has 0 unspecified atom stereocenters. The van der Waals surface area contributed by atoms with Crippen LogP contribution < -0.4 is 9.47 Å². The molecule has 0 saturated heterocycles. The van der Waals surface area contributed by atoms with Crippen LogP contribution in [0.25, 0.3) is 0 Å². The summed E-state index contributed by atoms with van der Waals surface area (Å²) in [6.07, 6.45) is 0.686.